The van der Waals surface area contributed by atoms with E-state index in [4.69, 9.17) is 6.42 Å². The Bertz CT molecular complexity index is 413. The summed E-state index contributed by atoms with van der Waals surface area (Å²) in [7, 11) is 0. The van der Waals surface area contributed by atoms with E-state index in [1.54, 1.807) is 13.8 Å². The van der Waals surface area contributed by atoms with E-state index in [-0.39, 0.29) is 6.03 Å². The third kappa shape index (κ3) is 3.66. The second-order valence-corrected chi connectivity index (χ2v) is 4.21. The first-order valence-corrected chi connectivity index (χ1v) is 5.06. The topological polar surface area (TPSA) is 41.1 Å². The summed E-state index contributed by atoms with van der Waals surface area (Å²) in [6.45, 7) is 5.52. The van der Waals surface area contributed by atoms with E-state index in [1.807, 2.05) is 31.2 Å². The number of anilines is 1. The van der Waals surface area contributed by atoms with Crippen molar-refractivity contribution in [2.75, 3.05) is 5.32 Å². The molecule has 1 aromatic carbocycles. The number of terminal acetylenes is 1. The molecule has 16 heavy (non-hydrogen) atoms. The maximum Gasteiger partial charge on any atom is 0.320 e. The Morgan fingerprint density at radius 3 is 2.38 bits per heavy atom. The summed E-state index contributed by atoms with van der Waals surface area (Å²) >= 11 is 0. The van der Waals surface area contributed by atoms with E-state index in [9.17, 15) is 4.79 Å². The van der Waals surface area contributed by atoms with Gasteiger partial charge in [0.1, 0.15) is 0 Å². The molecule has 0 aliphatic rings. The molecule has 0 aromatic heterocycles. The van der Waals surface area contributed by atoms with Gasteiger partial charge in [-0.2, -0.15) is 0 Å². The van der Waals surface area contributed by atoms with Crippen molar-refractivity contribution in [2.45, 2.75) is 26.3 Å². The van der Waals surface area contributed by atoms with Gasteiger partial charge < -0.3 is 10.6 Å². The highest BCUT2D eigenvalue weighted by Gasteiger charge is 2.16. The molecule has 3 heteroatoms. The number of benzene rings is 1. The maximum absolute atomic E-state index is 11.6. The molecule has 0 atom stereocenters. The van der Waals surface area contributed by atoms with Gasteiger partial charge in [-0.05, 0) is 32.9 Å². The van der Waals surface area contributed by atoms with Gasteiger partial charge >= 0.3 is 6.03 Å². The van der Waals surface area contributed by atoms with Crippen LogP contribution in [0, 0.1) is 19.3 Å². The summed E-state index contributed by atoms with van der Waals surface area (Å²) in [5.41, 5.74) is 1.25. The molecule has 0 heterocycles. The van der Waals surface area contributed by atoms with E-state index in [1.165, 1.54) is 0 Å². The zero-order chi connectivity index (χ0) is 12.2. The van der Waals surface area contributed by atoms with Crippen LogP contribution in [0.4, 0.5) is 10.5 Å². The summed E-state index contributed by atoms with van der Waals surface area (Å²) in [5, 5.41) is 5.40. The van der Waals surface area contributed by atoms with Crippen LogP contribution < -0.4 is 10.6 Å². The maximum atomic E-state index is 11.6. The van der Waals surface area contributed by atoms with Gasteiger partial charge in [0, 0.05) is 5.69 Å². The zero-order valence-corrected chi connectivity index (χ0v) is 9.79. The third-order valence-electron chi connectivity index (χ3n) is 2.10. The van der Waals surface area contributed by atoms with E-state index in [0.29, 0.717) is 0 Å². The van der Waals surface area contributed by atoms with Gasteiger partial charge in [-0.25, -0.2) is 4.79 Å². The Morgan fingerprint density at radius 2 is 1.88 bits per heavy atom. The largest absolute Gasteiger partial charge is 0.322 e. The van der Waals surface area contributed by atoms with Gasteiger partial charge in [-0.15, -0.1) is 6.42 Å². The van der Waals surface area contributed by atoms with Crippen LogP contribution in [-0.2, 0) is 0 Å². The van der Waals surface area contributed by atoms with Crippen molar-refractivity contribution in [2.24, 2.45) is 0 Å². The minimum absolute atomic E-state index is 0.299. The molecule has 2 N–H and O–H groups in total. The van der Waals surface area contributed by atoms with E-state index >= 15 is 0 Å². The number of urea groups is 1. The van der Waals surface area contributed by atoms with Crippen LogP contribution in [0.25, 0.3) is 0 Å². The van der Waals surface area contributed by atoms with E-state index < -0.39 is 5.54 Å². The number of nitrogens with one attached hydrogen (secondary N) is 2. The fourth-order valence-corrected chi connectivity index (χ4v) is 1.12. The Kier molecular flexibility index (Phi) is 3.57. The molecule has 0 aliphatic heterocycles. The second-order valence-electron chi connectivity index (χ2n) is 4.21. The molecule has 2 amide bonds. The number of carbonyl (C=O) groups excluding carboxylic acids is 1. The highest BCUT2D eigenvalue weighted by molar-refractivity contribution is 5.89. The number of hydrogen-bond donors (Lipinski definition) is 2. The first kappa shape index (κ1) is 12.1. The lowest BCUT2D eigenvalue weighted by Gasteiger charge is -2.19. The molecule has 1 rings (SSSR count). The molecule has 84 valence electrons. The lowest BCUT2D eigenvalue weighted by atomic mass is 10.1. The third-order valence-corrected chi connectivity index (χ3v) is 2.10. The molecule has 0 spiro atoms. The van der Waals surface area contributed by atoms with Gasteiger partial charge in [0.05, 0.1) is 5.54 Å². The highest BCUT2D eigenvalue weighted by atomic mass is 16.2. The molecule has 0 aliphatic carbocycles. The summed E-state index contributed by atoms with van der Waals surface area (Å²) in [6, 6.07) is 7.26. The SMILES string of the molecule is C#CC(C)(C)NC(=O)Nc1ccc(C)cc1. The number of amides is 2. The number of carbonyl (C=O) groups is 1. The molecule has 0 radical (unpaired) electrons. The van der Waals surface area contributed by atoms with Crippen molar-refractivity contribution < 1.29 is 4.79 Å². The predicted octanol–water partition coefficient (Wildman–Crippen LogP) is 2.53. The van der Waals surface area contributed by atoms with Crippen LogP contribution in [-0.4, -0.2) is 11.6 Å². The molecule has 1 aromatic rings. The lowest BCUT2D eigenvalue weighted by Crippen LogP contribution is -2.44. The van der Waals surface area contributed by atoms with E-state index in [0.717, 1.165) is 11.3 Å². The Labute approximate surface area is 96.2 Å². The number of rotatable bonds is 2. The first-order chi connectivity index (χ1) is 7.43. The molecule has 0 saturated heterocycles. The van der Waals surface area contributed by atoms with Gasteiger partial charge in [-0.3, -0.25) is 0 Å². The second kappa shape index (κ2) is 4.71. The van der Waals surface area contributed by atoms with Crippen molar-refractivity contribution >= 4 is 11.7 Å². The highest BCUT2D eigenvalue weighted by Crippen LogP contribution is 2.09. The van der Waals surface area contributed by atoms with E-state index in [2.05, 4.69) is 16.6 Å². The summed E-state index contributed by atoms with van der Waals surface area (Å²) in [6.07, 6.45) is 5.28. The average molecular weight is 216 g/mol. The molecule has 0 fully saturated rings. The molecular formula is C13H16N2O. The summed E-state index contributed by atoms with van der Waals surface area (Å²) in [4.78, 5) is 11.6. The van der Waals surface area contributed by atoms with Gasteiger partial charge in [0.15, 0.2) is 0 Å². The lowest BCUT2D eigenvalue weighted by molar-refractivity contribution is 0.247. The first-order valence-electron chi connectivity index (χ1n) is 5.06. The van der Waals surface area contributed by atoms with Crippen LogP contribution in [0.5, 0.6) is 0 Å². The van der Waals surface area contributed by atoms with Crippen molar-refractivity contribution in [1.82, 2.24) is 5.32 Å². The van der Waals surface area contributed by atoms with Crippen molar-refractivity contribution in [3.05, 3.63) is 29.8 Å². The number of aryl methyl sites for hydroxylation is 1. The van der Waals surface area contributed by atoms with Crippen LogP contribution in [0.2, 0.25) is 0 Å². The zero-order valence-electron chi connectivity index (χ0n) is 9.79. The molecule has 0 unspecified atom stereocenters. The van der Waals surface area contributed by atoms with Gasteiger partial charge in [0.25, 0.3) is 0 Å². The van der Waals surface area contributed by atoms with Crippen molar-refractivity contribution in [3.8, 4) is 12.3 Å². The molecular weight excluding hydrogens is 200 g/mol. The predicted molar refractivity (Wildman–Crippen MR) is 66.2 cm³/mol. The van der Waals surface area contributed by atoms with Crippen molar-refractivity contribution in [1.29, 1.82) is 0 Å². The normalized spacial score (nSPS) is 10.4. The van der Waals surface area contributed by atoms with Crippen LogP contribution in [0.1, 0.15) is 19.4 Å². The smallest absolute Gasteiger partial charge is 0.320 e. The fourth-order valence-electron chi connectivity index (χ4n) is 1.12. The number of hydrogen-bond acceptors (Lipinski definition) is 1. The summed E-state index contributed by atoms with van der Waals surface area (Å²) < 4.78 is 0. The summed E-state index contributed by atoms with van der Waals surface area (Å²) in [5.74, 6) is 2.50. The minimum Gasteiger partial charge on any atom is -0.322 e. The Balaban J connectivity index is 2.59. The Hall–Kier alpha value is -1.95. The molecule has 0 bridgehead atoms. The molecule has 0 saturated carbocycles. The standard InChI is InChI=1S/C13H16N2O/c1-5-13(3,4)15-12(16)14-11-8-6-10(2)7-9-11/h1,6-9H,2-4H3,(H2,14,15,16). The average Bonchev–Trinajstić information content (AvgIpc) is 2.21. The fraction of sp³-hybridized carbons (Fsp3) is 0.308. The van der Waals surface area contributed by atoms with Gasteiger partial charge in [-0.1, -0.05) is 23.6 Å². The van der Waals surface area contributed by atoms with Crippen LogP contribution >= 0.6 is 0 Å². The van der Waals surface area contributed by atoms with Gasteiger partial charge in [0.2, 0.25) is 0 Å². The monoisotopic (exact) mass is 216 g/mol. The quantitative estimate of drug-likeness (QED) is 0.733. The van der Waals surface area contributed by atoms with Crippen molar-refractivity contribution in [3.63, 3.8) is 0 Å². The van der Waals surface area contributed by atoms with Crippen LogP contribution in [0.3, 0.4) is 0 Å². The Morgan fingerprint density at radius 1 is 1.31 bits per heavy atom. The molecule has 3 nitrogen and oxygen atoms in total. The minimum atomic E-state index is -0.644. The van der Waals surface area contributed by atoms with Crippen LogP contribution in [0.15, 0.2) is 24.3 Å².